The second-order valence-corrected chi connectivity index (χ2v) is 7.23. The Morgan fingerprint density at radius 2 is 1.96 bits per heavy atom. The van der Waals surface area contributed by atoms with Crippen LogP contribution >= 0.6 is 0 Å². The number of hydrogen-bond acceptors (Lipinski definition) is 5. The van der Waals surface area contributed by atoms with Crippen molar-refractivity contribution in [1.82, 2.24) is 14.8 Å². The second kappa shape index (κ2) is 8.06. The number of hydrogen-bond donors (Lipinski definition) is 0. The third-order valence-electron chi connectivity index (χ3n) is 5.28. The highest BCUT2D eigenvalue weighted by molar-refractivity contribution is 5.49. The second-order valence-electron chi connectivity index (χ2n) is 7.23. The molecule has 26 heavy (non-hydrogen) atoms. The van der Waals surface area contributed by atoms with Gasteiger partial charge in [-0.2, -0.15) is 0 Å². The van der Waals surface area contributed by atoms with Crippen LogP contribution in [0.3, 0.4) is 0 Å². The Balaban J connectivity index is 1.21. The van der Waals surface area contributed by atoms with Gasteiger partial charge >= 0.3 is 0 Å². The molecule has 2 aliphatic heterocycles. The van der Waals surface area contributed by atoms with Crippen LogP contribution < -0.4 is 9.47 Å². The lowest BCUT2D eigenvalue weighted by atomic mass is 9.99. The van der Waals surface area contributed by atoms with Crippen molar-refractivity contribution >= 4 is 0 Å². The fourth-order valence-corrected chi connectivity index (χ4v) is 3.72. The summed E-state index contributed by atoms with van der Waals surface area (Å²) in [6.07, 6.45) is 5.18. The molecule has 0 amide bonds. The fourth-order valence-electron chi connectivity index (χ4n) is 3.72. The van der Waals surface area contributed by atoms with Crippen LogP contribution in [-0.2, 0) is 19.4 Å². The quantitative estimate of drug-likeness (QED) is 0.765. The maximum Gasteiger partial charge on any atom is 0.231 e. The minimum atomic E-state index is 0.354. The summed E-state index contributed by atoms with van der Waals surface area (Å²) in [5.41, 5.74) is 3.98. The fraction of sp³-hybridized carbons (Fsp3) is 0.476. The van der Waals surface area contributed by atoms with Gasteiger partial charge in [0.15, 0.2) is 11.5 Å². The third-order valence-corrected chi connectivity index (χ3v) is 5.28. The van der Waals surface area contributed by atoms with E-state index in [0.717, 1.165) is 57.1 Å². The number of benzene rings is 1. The highest BCUT2D eigenvalue weighted by atomic mass is 16.7. The Bertz CT molecular complexity index is 736. The van der Waals surface area contributed by atoms with Crippen LogP contribution in [0, 0.1) is 0 Å². The van der Waals surface area contributed by atoms with E-state index < -0.39 is 0 Å². The normalized spacial score (nSPS) is 16.1. The van der Waals surface area contributed by atoms with Gasteiger partial charge in [-0.05, 0) is 68.4 Å². The molecule has 0 saturated carbocycles. The lowest BCUT2D eigenvalue weighted by Gasteiger charge is -2.29. The lowest BCUT2D eigenvalue weighted by molar-refractivity contribution is 0.174. The molecule has 0 N–H and O–H groups in total. The summed E-state index contributed by atoms with van der Waals surface area (Å²) in [7, 11) is 2.20. The first-order chi connectivity index (χ1) is 12.8. The van der Waals surface area contributed by atoms with E-state index in [1.165, 1.54) is 23.2 Å². The zero-order valence-corrected chi connectivity index (χ0v) is 15.5. The van der Waals surface area contributed by atoms with Crippen molar-refractivity contribution in [2.24, 2.45) is 0 Å². The first-order valence-electron chi connectivity index (χ1n) is 9.50. The molecule has 4 rings (SSSR count). The summed E-state index contributed by atoms with van der Waals surface area (Å²) in [6.45, 7) is 5.82. The van der Waals surface area contributed by atoms with E-state index in [0.29, 0.717) is 6.79 Å². The highest BCUT2D eigenvalue weighted by Gasteiger charge is 2.22. The van der Waals surface area contributed by atoms with Crippen molar-refractivity contribution in [1.29, 1.82) is 0 Å². The molecule has 0 fully saturated rings. The molecule has 0 aliphatic carbocycles. The first kappa shape index (κ1) is 17.3. The number of fused-ring (bicyclic) bond motifs is 2. The van der Waals surface area contributed by atoms with Crippen LogP contribution in [0.15, 0.2) is 36.5 Å². The van der Waals surface area contributed by atoms with Gasteiger partial charge in [0.05, 0.1) is 0 Å². The van der Waals surface area contributed by atoms with Gasteiger partial charge in [-0.3, -0.25) is 9.88 Å². The van der Waals surface area contributed by atoms with E-state index in [2.05, 4.69) is 46.1 Å². The van der Waals surface area contributed by atoms with Gasteiger partial charge < -0.3 is 14.4 Å². The molecule has 0 spiro atoms. The molecular weight excluding hydrogens is 326 g/mol. The first-order valence-corrected chi connectivity index (χ1v) is 9.50. The van der Waals surface area contributed by atoms with Crippen LogP contribution in [0.2, 0.25) is 0 Å². The molecule has 5 nitrogen and oxygen atoms in total. The Morgan fingerprint density at radius 1 is 1.12 bits per heavy atom. The van der Waals surface area contributed by atoms with Gasteiger partial charge in [0, 0.05) is 37.9 Å². The minimum Gasteiger partial charge on any atom is -0.454 e. The number of ether oxygens (including phenoxy) is 2. The Kier molecular flexibility index (Phi) is 5.37. The monoisotopic (exact) mass is 353 g/mol. The van der Waals surface area contributed by atoms with Gasteiger partial charge in [0.1, 0.15) is 0 Å². The number of nitrogens with zero attached hydrogens (tertiary/aromatic N) is 3. The molecule has 1 aromatic carbocycles. The maximum absolute atomic E-state index is 5.52. The van der Waals surface area contributed by atoms with E-state index in [-0.39, 0.29) is 0 Å². The minimum absolute atomic E-state index is 0.354. The molecule has 2 aliphatic rings. The summed E-state index contributed by atoms with van der Waals surface area (Å²) in [4.78, 5) is 9.36. The van der Waals surface area contributed by atoms with E-state index in [4.69, 9.17) is 9.47 Å². The summed E-state index contributed by atoms with van der Waals surface area (Å²) in [5, 5.41) is 0. The topological polar surface area (TPSA) is 37.8 Å². The van der Waals surface area contributed by atoms with Gasteiger partial charge in [-0.15, -0.1) is 0 Å². The molecular formula is C21H27N3O2. The van der Waals surface area contributed by atoms with Gasteiger partial charge in [-0.1, -0.05) is 6.07 Å². The maximum atomic E-state index is 5.52. The summed E-state index contributed by atoms with van der Waals surface area (Å²) in [6, 6.07) is 10.5. The van der Waals surface area contributed by atoms with Crippen molar-refractivity contribution in [2.75, 3.05) is 40.0 Å². The summed E-state index contributed by atoms with van der Waals surface area (Å²) in [5.74, 6) is 1.81. The van der Waals surface area contributed by atoms with Crippen LogP contribution in [0.25, 0.3) is 0 Å². The van der Waals surface area contributed by atoms with E-state index in [1.54, 1.807) is 0 Å². The average Bonchev–Trinajstić information content (AvgIpc) is 3.12. The van der Waals surface area contributed by atoms with Crippen LogP contribution in [-0.4, -0.2) is 54.8 Å². The number of aromatic nitrogens is 1. The summed E-state index contributed by atoms with van der Waals surface area (Å²) < 4.78 is 11.0. The molecule has 5 heteroatoms. The molecule has 0 atom stereocenters. The number of rotatable bonds is 7. The largest absolute Gasteiger partial charge is 0.454 e. The number of likely N-dealkylation sites (N-methyl/N-ethyl adjacent to an activating group) is 1. The Morgan fingerprint density at radius 3 is 2.77 bits per heavy atom. The van der Waals surface area contributed by atoms with E-state index in [9.17, 15) is 0 Å². The van der Waals surface area contributed by atoms with Crippen molar-refractivity contribution in [3.63, 3.8) is 0 Å². The Hall–Kier alpha value is -2.11. The van der Waals surface area contributed by atoms with E-state index in [1.807, 2.05) is 12.3 Å². The predicted molar refractivity (Wildman–Crippen MR) is 102 cm³/mol. The highest BCUT2D eigenvalue weighted by Crippen LogP contribution is 2.36. The molecule has 3 heterocycles. The number of pyridine rings is 1. The summed E-state index contributed by atoms with van der Waals surface area (Å²) >= 11 is 0. The van der Waals surface area contributed by atoms with Crippen molar-refractivity contribution < 1.29 is 9.47 Å². The molecule has 0 unspecified atom stereocenters. The van der Waals surface area contributed by atoms with E-state index >= 15 is 0 Å². The molecule has 0 bridgehead atoms. The van der Waals surface area contributed by atoms with Crippen LogP contribution in [0.5, 0.6) is 11.5 Å². The van der Waals surface area contributed by atoms with Gasteiger partial charge in [0.25, 0.3) is 0 Å². The van der Waals surface area contributed by atoms with Crippen molar-refractivity contribution in [3.05, 3.63) is 53.3 Å². The third kappa shape index (κ3) is 4.17. The lowest BCUT2D eigenvalue weighted by Crippen LogP contribution is -2.33. The predicted octanol–water partition coefficient (Wildman–Crippen LogP) is 2.73. The van der Waals surface area contributed by atoms with Crippen LogP contribution in [0.1, 0.15) is 23.2 Å². The van der Waals surface area contributed by atoms with Gasteiger partial charge in [-0.25, -0.2) is 0 Å². The SMILES string of the molecule is CN(CCCN1CCc2cc3c(cc2C1)OCO3)CCc1ccccn1. The standard InChI is InChI=1S/C21H27N3O2/c1-23(11-7-19-5-2-3-8-22-19)9-4-10-24-12-6-17-13-20-21(26-16-25-20)14-18(17)15-24/h2-3,5,8,13-14H,4,6-7,9-12,15-16H2,1H3. The molecule has 2 aromatic rings. The van der Waals surface area contributed by atoms with Crippen LogP contribution in [0.4, 0.5) is 0 Å². The molecule has 1 aromatic heterocycles. The molecule has 0 saturated heterocycles. The van der Waals surface area contributed by atoms with Gasteiger partial charge in [0.2, 0.25) is 6.79 Å². The molecule has 138 valence electrons. The van der Waals surface area contributed by atoms with Crippen molar-refractivity contribution in [3.8, 4) is 11.5 Å². The Labute approximate surface area is 155 Å². The average molecular weight is 353 g/mol. The smallest absolute Gasteiger partial charge is 0.231 e. The zero-order chi connectivity index (χ0) is 17.8. The van der Waals surface area contributed by atoms with Crippen molar-refractivity contribution in [2.45, 2.75) is 25.8 Å². The zero-order valence-electron chi connectivity index (χ0n) is 15.5. The molecule has 0 radical (unpaired) electrons.